The Bertz CT molecular complexity index is 518. The number of rotatable bonds is 1. The van der Waals surface area contributed by atoms with E-state index in [1.165, 1.54) is 0 Å². The summed E-state index contributed by atoms with van der Waals surface area (Å²) in [5, 5.41) is 0. The molecule has 0 aromatic heterocycles. The molecule has 0 aliphatic carbocycles. The first-order chi connectivity index (χ1) is 8.60. The second-order valence-corrected chi connectivity index (χ2v) is 4.32. The van der Waals surface area contributed by atoms with Gasteiger partial charge < -0.3 is 10.6 Å². The number of nitrogen functional groups attached to an aromatic ring is 1. The molecule has 1 aliphatic rings. The summed E-state index contributed by atoms with van der Waals surface area (Å²) < 4.78 is 63.5. The quantitative estimate of drug-likeness (QED) is 0.634. The van der Waals surface area contributed by atoms with Crippen molar-refractivity contribution in [3.05, 3.63) is 29.3 Å². The number of halogens is 5. The average Bonchev–Trinajstić information content (AvgIpc) is 2.23. The summed E-state index contributed by atoms with van der Waals surface area (Å²) in [7, 11) is 0. The number of nitrogens with zero attached hydrogens (tertiary/aromatic N) is 1. The lowest BCUT2D eigenvalue weighted by Crippen LogP contribution is -2.58. The van der Waals surface area contributed by atoms with Gasteiger partial charge in [0.1, 0.15) is 0 Å². The van der Waals surface area contributed by atoms with Crippen LogP contribution >= 0.6 is 0 Å². The minimum absolute atomic E-state index is 0.155. The van der Waals surface area contributed by atoms with Gasteiger partial charge in [0.2, 0.25) is 0 Å². The Morgan fingerprint density at radius 2 is 1.84 bits per heavy atom. The predicted molar refractivity (Wildman–Crippen MR) is 56.7 cm³/mol. The van der Waals surface area contributed by atoms with Crippen LogP contribution in [-0.2, 0) is 6.18 Å². The minimum atomic E-state index is -4.77. The molecule has 3 nitrogen and oxygen atoms in total. The maximum Gasteiger partial charge on any atom is 0.417 e. The van der Waals surface area contributed by atoms with Crippen LogP contribution < -0.4 is 5.73 Å². The largest absolute Gasteiger partial charge is 0.417 e. The highest BCUT2D eigenvalue weighted by Gasteiger charge is 2.47. The number of nitrogens with two attached hydrogens (primary N) is 1. The molecular weight excluding hydrogens is 271 g/mol. The van der Waals surface area contributed by atoms with Gasteiger partial charge in [-0.1, -0.05) is 0 Å². The lowest BCUT2D eigenvalue weighted by Gasteiger charge is -2.39. The van der Waals surface area contributed by atoms with Gasteiger partial charge >= 0.3 is 6.18 Å². The normalized spacial score (nSPS) is 18.1. The van der Waals surface area contributed by atoms with Crippen molar-refractivity contribution in [2.75, 3.05) is 18.8 Å². The van der Waals surface area contributed by atoms with E-state index in [4.69, 9.17) is 5.73 Å². The van der Waals surface area contributed by atoms with E-state index in [9.17, 15) is 26.7 Å². The third-order valence-corrected chi connectivity index (χ3v) is 2.71. The highest BCUT2D eigenvalue weighted by molar-refractivity contribution is 5.97. The van der Waals surface area contributed by atoms with Crippen molar-refractivity contribution in [3.8, 4) is 0 Å². The molecule has 2 N–H and O–H groups in total. The Kier molecular flexibility index (Phi) is 2.91. The van der Waals surface area contributed by atoms with Gasteiger partial charge in [0, 0.05) is 5.69 Å². The molecule has 0 radical (unpaired) electrons. The molecule has 1 aromatic carbocycles. The fourth-order valence-corrected chi connectivity index (χ4v) is 1.81. The van der Waals surface area contributed by atoms with Gasteiger partial charge in [0.25, 0.3) is 11.8 Å². The molecule has 8 heteroatoms. The fraction of sp³-hybridized carbons (Fsp3) is 0.364. The molecule has 1 fully saturated rings. The third kappa shape index (κ3) is 2.61. The van der Waals surface area contributed by atoms with E-state index in [1.807, 2.05) is 0 Å². The molecule has 1 amide bonds. The maximum absolute atomic E-state index is 12.8. The van der Waals surface area contributed by atoms with E-state index < -0.39 is 42.2 Å². The van der Waals surface area contributed by atoms with Gasteiger partial charge in [-0.05, 0) is 18.2 Å². The highest BCUT2D eigenvalue weighted by Crippen LogP contribution is 2.35. The van der Waals surface area contributed by atoms with Crippen molar-refractivity contribution in [1.82, 2.24) is 4.90 Å². The second kappa shape index (κ2) is 4.07. The van der Waals surface area contributed by atoms with E-state index in [0.29, 0.717) is 11.0 Å². The zero-order chi connectivity index (χ0) is 14.4. The summed E-state index contributed by atoms with van der Waals surface area (Å²) in [6.45, 7) is -1.74. The first-order valence-corrected chi connectivity index (χ1v) is 5.24. The summed E-state index contributed by atoms with van der Waals surface area (Å²) in [5.74, 6) is -4.10. The van der Waals surface area contributed by atoms with Crippen LogP contribution in [0.25, 0.3) is 0 Å². The van der Waals surface area contributed by atoms with E-state index in [1.54, 1.807) is 0 Å². The lowest BCUT2D eigenvalue weighted by atomic mass is 10.0. The molecule has 0 atom stereocenters. The van der Waals surface area contributed by atoms with Gasteiger partial charge in [0.15, 0.2) is 0 Å². The Morgan fingerprint density at radius 3 is 2.32 bits per heavy atom. The molecule has 104 valence electrons. The number of likely N-dealkylation sites (tertiary alicyclic amines) is 1. The molecular formula is C11H9F5N2O. The number of hydrogen-bond donors (Lipinski definition) is 1. The number of carbonyl (C=O) groups excluding carboxylic acids is 1. The Hall–Kier alpha value is -1.86. The summed E-state index contributed by atoms with van der Waals surface area (Å²) in [6, 6.07) is 2.64. The summed E-state index contributed by atoms with van der Waals surface area (Å²) in [6.07, 6.45) is -4.77. The van der Waals surface area contributed by atoms with Crippen molar-refractivity contribution in [2.45, 2.75) is 12.1 Å². The van der Waals surface area contributed by atoms with Crippen LogP contribution in [-0.4, -0.2) is 29.8 Å². The van der Waals surface area contributed by atoms with Crippen LogP contribution in [0.4, 0.5) is 27.6 Å². The Morgan fingerprint density at radius 1 is 1.26 bits per heavy atom. The molecule has 0 spiro atoms. The number of alkyl halides is 5. The van der Waals surface area contributed by atoms with E-state index in [2.05, 4.69) is 0 Å². The molecule has 0 saturated carbocycles. The lowest BCUT2D eigenvalue weighted by molar-refractivity contribution is -0.138. The molecule has 1 heterocycles. The van der Waals surface area contributed by atoms with Crippen LogP contribution in [0.15, 0.2) is 18.2 Å². The number of hydrogen-bond acceptors (Lipinski definition) is 2. The van der Waals surface area contributed by atoms with Gasteiger partial charge in [-0.2, -0.15) is 13.2 Å². The van der Waals surface area contributed by atoms with Gasteiger partial charge in [-0.15, -0.1) is 0 Å². The smallest absolute Gasteiger partial charge is 0.399 e. The SMILES string of the molecule is Nc1ccc(C(=O)N2CC(F)(F)C2)c(C(F)(F)F)c1. The zero-order valence-corrected chi connectivity index (χ0v) is 9.47. The van der Waals surface area contributed by atoms with Crippen molar-refractivity contribution < 1.29 is 26.7 Å². The van der Waals surface area contributed by atoms with Crippen LogP contribution in [0, 0.1) is 0 Å². The molecule has 1 saturated heterocycles. The van der Waals surface area contributed by atoms with Crippen LogP contribution in [0.1, 0.15) is 15.9 Å². The van der Waals surface area contributed by atoms with Gasteiger partial charge in [0.05, 0.1) is 24.2 Å². The van der Waals surface area contributed by atoms with E-state index >= 15 is 0 Å². The second-order valence-electron chi connectivity index (χ2n) is 4.32. The predicted octanol–water partition coefficient (Wildman–Crippen LogP) is 2.38. The molecule has 0 bridgehead atoms. The molecule has 2 rings (SSSR count). The summed E-state index contributed by atoms with van der Waals surface area (Å²) in [5.41, 5.74) is 3.21. The van der Waals surface area contributed by atoms with Crippen molar-refractivity contribution >= 4 is 11.6 Å². The maximum atomic E-state index is 12.8. The molecule has 1 aliphatic heterocycles. The number of amides is 1. The van der Waals surface area contributed by atoms with Crippen LogP contribution in [0.3, 0.4) is 0 Å². The van der Waals surface area contributed by atoms with Crippen LogP contribution in [0.5, 0.6) is 0 Å². The summed E-state index contributed by atoms with van der Waals surface area (Å²) >= 11 is 0. The van der Waals surface area contributed by atoms with Crippen molar-refractivity contribution in [3.63, 3.8) is 0 Å². The third-order valence-electron chi connectivity index (χ3n) is 2.71. The zero-order valence-electron chi connectivity index (χ0n) is 9.47. The monoisotopic (exact) mass is 280 g/mol. The minimum Gasteiger partial charge on any atom is -0.399 e. The number of benzene rings is 1. The van der Waals surface area contributed by atoms with E-state index in [-0.39, 0.29) is 5.69 Å². The van der Waals surface area contributed by atoms with Crippen molar-refractivity contribution in [2.24, 2.45) is 0 Å². The Balaban J connectivity index is 2.33. The first-order valence-electron chi connectivity index (χ1n) is 5.24. The van der Waals surface area contributed by atoms with Crippen molar-refractivity contribution in [1.29, 1.82) is 0 Å². The van der Waals surface area contributed by atoms with Gasteiger partial charge in [-0.25, -0.2) is 8.78 Å². The van der Waals surface area contributed by atoms with Crippen LogP contribution in [0.2, 0.25) is 0 Å². The fourth-order valence-electron chi connectivity index (χ4n) is 1.81. The first kappa shape index (κ1) is 13.6. The van der Waals surface area contributed by atoms with Gasteiger partial charge in [-0.3, -0.25) is 4.79 Å². The summed E-state index contributed by atoms with van der Waals surface area (Å²) in [4.78, 5) is 12.4. The topological polar surface area (TPSA) is 46.3 Å². The number of anilines is 1. The molecule has 0 unspecified atom stereocenters. The highest BCUT2D eigenvalue weighted by atomic mass is 19.4. The number of carbonyl (C=O) groups is 1. The molecule has 1 aromatic rings. The Labute approximate surface area is 104 Å². The standard InChI is InChI=1S/C11H9F5N2O/c12-10(13)4-18(5-10)9(19)7-2-1-6(17)3-8(7)11(14,15)16/h1-3H,4-5,17H2. The average molecular weight is 280 g/mol. The molecule has 19 heavy (non-hydrogen) atoms. The van der Waals surface area contributed by atoms with E-state index in [0.717, 1.165) is 12.1 Å².